The minimum absolute atomic E-state index is 0.249. The van der Waals surface area contributed by atoms with Crippen LogP contribution >= 0.6 is 11.8 Å². The molecule has 0 spiro atoms. The zero-order chi connectivity index (χ0) is 27.7. The first-order chi connectivity index (χ1) is 18.1. The van der Waals surface area contributed by atoms with E-state index in [1.54, 1.807) is 36.4 Å². The van der Waals surface area contributed by atoms with Gasteiger partial charge >= 0.3 is 6.03 Å². The number of benzene rings is 2. The Labute approximate surface area is 227 Å². The van der Waals surface area contributed by atoms with Gasteiger partial charge in [0.05, 0.1) is 11.4 Å². The lowest BCUT2D eigenvalue weighted by Gasteiger charge is -2.19. The molecule has 1 aromatic heterocycles. The van der Waals surface area contributed by atoms with Crippen molar-refractivity contribution in [3.8, 4) is 11.5 Å². The summed E-state index contributed by atoms with van der Waals surface area (Å²) < 4.78 is 5.92. The number of aromatic nitrogens is 1. The second kappa shape index (κ2) is 12.8. The number of urea groups is 1. The van der Waals surface area contributed by atoms with Crippen molar-refractivity contribution in [2.75, 3.05) is 18.6 Å². The molecular weight excluding hydrogens is 500 g/mol. The number of nitrogens with two attached hydrogens (primary N) is 1. The number of hydrogen-bond acceptors (Lipinski definition) is 7. The molecule has 3 rings (SSSR count). The first-order valence-corrected chi connectivity index (χ1v) is 13.0. The van der Waals surface area contributed by atoms with Crippen LogP contribution in [0.1, 0.15) is 31.3 Å². The summed E-state index contributed by atoms with van der Waals surface area (Å²) in [5.74, 6) is 1.02. The van der Waals surface area contributed by atoms with Crippen LogP contribution in [-0.2, 0) is 0 Å². The number of carbonyl (C=O) groups excluding carboxylic acids is 2. The lowest BCUT2D eigenvalue weighted by Crippen LogP contribution is -2.34. The van der Waals surface area contributed by atoms with Gasteiger partial charge in [-0.25, -0.2) is 9.79 Å². The number of aliphatic imine (C=N–C) groups is 1. The number of rotatable bonds is 7. The number of hydrogen-bond donors (Lipinski definition) is 4. The van der Waals surface area contributed by atoms with Crippen molar-refractivity contribution in [3.05, 3.63) is 84.3 Å². The third-order valence-electron chi connectivity index (χ3n) is 5.25. The van der Waals surface area contributed by atoms with Gasteiger partial charge in [0.25, 0.3) is 5.91 Å². The highest BCUT2D eigenvalue weighted by Crippen LogP contribution is 2.32. The number of para-hydroxylation sites is 1. The maximum absolute atomic E-state index is 13.0. The molecule has 0 unspecified atom stereocenters. The molecule has 0 atom stereocenters. The molecule has 0 radical (unpaired) electrons. The molecule has 38 heavy (non-hydrogen) atoms. The standard InChI is InChI=1S/C28H32N6O3S/c1-28(2,3)24(29)17-25(32-18-9-7-6-8-10-18)34-27(36)33-21-12-11-19(16-23(21)38-5)37-20-13-14-31-22(15-20)26(35)30-4/h6-17H,29H2,1-5H3,(H,30,35)(H2,32,33,34,36)/b24-17-. The molecule has 0 aliphatic carbocycles. The highest BCUT2D eigenvalue weighted by molar-refractivity contribution is 7.98. The minimum atomic E-state index is -0.467. The number of amides is 3. The molecule has 1 heterocycles. The average Bonchev–Trinajstić information content (AvgIpc) is 2.89. The van der Waals surface area contributed by atoms with Crippen molar-refractivity contribution in [1.29, 1.82) is 0 Å². The van der Waals surface area contributed by atoms with Crippen molar-refractivity contribution >= 4 is 40.9 Å². The maximum Gasteiger partial charge on any atom is 0.324 e. The molecule has 198 valence electrons. The number of amidine groups is 1. The Kier molecular flexibility index (Phi) is 9.50. The van der Waals surface area contributed by atoms with Gasteiger partial charge in [-0.15, -0.1) is 11.8 Å². The third kappa shape index (κ3) is 8.10. The van der Waals surface area contributed by atoms with Crippen LogP contribution in [0, 0.1) is 5.41 Å². The quantitative estimate of drug-likeness (QED) is 0.175. The van der Waals surface area contributed by atoms with E-state index in [0.29, 0.717) is 34.4 Å². The van der Waals surface area contributed by atoms with Crippen molar-refractivity contribution in [2.45, 2.75) is 25.7 Å². The smallest absolute Gasteiger partial charge is 0.324 e. The van der Waals surface area contributed by atoms with E-state index < -0.39 is 6.03 Å². The van der Waals surface area contributed by atoms with E-state index in [9.17, 15) is 9.59 Å². The van der Waals surface area contributed by atoms with Crippen LogP contribution in [0.25, 0.3) is 0 Å². The van der Waals surface area contributed by atoms with Crippen LogP contribution in [0.15, 0.2) is 88.5 Å². The van der Waals surface area contributed by atoms with E-state index in [4.69, 9.17) is 10.5 Å². The number of nitrogens with zero attached hydrogens (tertiary/aromatic N) is 2. The molecular formula is C28H32N6O3S. The molecule has 9 nitrogen and oxygen atoms in total. The molecule has 0 aliphatic rings. The second-order valence-electron chi connectivity index (χ2n) is 9.18. The highest BCUT2D eigenvalue weighted by atomic mass is 32.2. The summed E-state index contributed by atoms with van der Waals surface area (Å²) in [7, 11) is 1.54. The predicted molar refractivity (Wildman–Crippen MR) is 153 cm³/mol. The van der Waals surface area contributed by atoms with Crippen molar-refractivity contribution in [3.63, 3.8) is 0 Å². The van der Waals surface area contributed by atoms with Gasteiger partial charge in [-0.1, -0.05) is 39.0 Å². The summed E-state index contributed by atoms with van der Waals surface area (Å²) >= 11 is 1.45. The molecule has 0 bridgehead atoms. The highest BCUT2D eigenvalue weighted by Gasteiger charge is 2.16. The van der Waals surface area contributed by atoms with Gasteiger partial charge in [0.15, 0.2) is 0 Å². The van der Waals surface area contributed by atoms with Crippen molar-refractivity contribution in [2.24, 2.45) is 16.1 Å². The van der Waals surface area contributed by atoms with E-state index in [1.165, 1.54) is 25.0 Å². The lowest BCUT2D eigenvalue weighted by molar-refractivity contribution is 0.0957. The summed E-state index contributed by atoms with van der Waals surface area (Å²) in [4.78, 5) is 34.2. The molecule has 2 aromatic carbocycles. The lowest BCUT2D eigenvalue weighted by atomic mass is 9.92. The second-order valence-corrected chi connectivity index (χ2v) is 10.0. The first-order valence-electron chi connectivity index (χ1n) is 11.8. The number of allylic oxidation sites excluding steroid dienone is 1. The molecule has 0 aliphatic heterocycles. The van der Waals surface area contributed by atoms with Gasteiger partial charge in [0, 0.05) is 41.4 Å². The van der Waals surface area contributed by atoms with Gasteiger partial charge < -0.3 is 21.1 Å². The Morgan fingerprint density at radius 3 is 2.42 bits per heavy atom. The Morgan fingerprint density at radius 2 is 1.76 bits per heavy atom. The van der Waals surface area contributed by atoms with Gasteiger partial charge in [-0.3, -0.25) is 15.1 Å². The number of carbonyl (C=O) groups is 2. The Morgan fingerprint density at radius 1 is 1.05 bits per heavy atom. The zero-order valence-corrected chi connectivity index (χ0v) is 22.8. The summed E-state index contributed by atoms with van der Waals surface area (Å²) in [6.07, 6.45) is 5.07. The largest absolute Gasteiger partial charge is 0.457 e. The van der Waals surface area contributed by atoms with Crippen LogP contribution in [0.5, 0.6) is 11.5 Å². The fraction of sp³-hybridized carbons (Fsp3) is 0.214. The molecule has 0 saturated carbocycles. The normalized spacial score (nSPS) is 12.0. The maximum atomic E-state index is 13.0. The number of nitrogens with one attached hydrogen (secondary N) is 3. The molecule has 10 heteroatoms. The first kappa shape index (κ1) is 28.3. The van der Waals surface area contributed by atoms with Crippen LogP contribution in [-0.4, -0.2) is 36.1 Å². The molecule has 0 saturated heterocycles. The van der Waals surface area contributed by atoms with Crippen LogP contribution in [0.3, 0.4) is 0 Å². The third-order valence-corrected chi connectivity index (χ3v) is 6.03. The molecule has 0 fully saturated rings. The Hall–Kier alpha value is -4.31. The predicted octanol–water partition coefficient (Wildman–Crippen LogP) is 5.70. The van der Waals surface area contributed by atoms with E-state index in [1.807, 2.05) is 57.4 Å². The summed E-state index contributed by atoms with van der Waals surface area (Å²) in [5.41, 5.74) is 8.06. The van der Waals surface area contributed by atoms with Crippen molar-refractivity contribution < 1.29 is 14.3 Å². The van der Waals surface area contributed by atoms with Gasteiger partial charge in [-0.05, 0) is 42.7 Å². The van der Waals surface area contributed by atoms with E-state index >= 15 is 0 Å². The van der Waals surface area contributed by atoms with Gasteiger partial charge in [0.2, 0.25) is 0 Å². The fourth-order valence-electron chi connectivity index (χ4n) is 3.07. The number of ether oxygens (including phenoxy) is 1. The monoisotopic (exact) mass is 532 g/mol. The van der Waals surface area contributed by atoms with E-state index in [-0.39, 0.29) is 17.0 Å². The molecule has 3 aromatic rings. The summed E-state index contributed by atoms with van der Waals surface area (Å²) in [6, 6.07) is 17.3. The van der Waals surface area contributed by atoms with Gasteiger partial charge in [0.1, 0.15) is 23.0 Å². The minimum Gasteiger partial charge on any atom is -0.457 e. The van der Waals surface area contributed by atoms with E-state index in [2.05, 4.69) is 25.9 Å². The Balaban J connectivity index is 1.79. The van der Waals surface area contributed by atoms with Gasteiger partial charge in [-0.2, -0.15) is 0 Å². The van der Waals surface area contributed by atoms with Crippen LogP contribution < -0.4 is 26.4 Å². The number of pyridine rings is 1. The number of thioether (sulfide) groups is 1. The van der Waals surface area contributed by atoms with Crippen LogP contribution in [0.2, 0.25) is 0 Å². The van der Waals surface area contributed by atoms with E-state index in [0.717, 1.165) is 4.90 Å². The molecule has 3 amide bonds. The fourth-order valence-corrected chi connectivity index (χ4v) is 3.65. The Bertz CT molecular complexity index is 1350. The summed E-state index contributed by atoms with van der Waals surface area (Å²) in [6.45, 7) is 5.95. The topological polar surface area (TPSA) is 131 Å². The molecule has 5 N–H and O–H groups in total. The summed E-state index contributed by atoms with van der Waals surface area (Å²) in [5, 5.41) is 8.21. The van der Waals surface area contributed by atoms with Crippen molar-refractivity contribution in [1.82, 2.24) is 15.6 Å². The SMILES string of the molecule is CNC(=O)c1cc(Oc2ccc(NC(=O)NC(/C=C(\N)C(C)(C)C)=Nc3ccccc3)c(SC)c2)ccn1. The van der Waals surface area contributed by atoms with Crippen LogP contribution in [0.4, 0.5) is 16.2 Å². The average molecular weight is 533 g/mol. The zero-order valence-electron chi connectivity index (χ0n) is 22.0. The number of anilines is 1.